The first-order valence-electron chi connectivity index (χ1n) is 5.96. The topological polar surface area (TPSA) is 37.3 Å². The highest BCUT2D eigenvalue weighted by molar-refractivity contribution is 5.87. The molecule has 0 aromatic carbocycles. The molecule has 2 heteroatoms. The third-order valence-electron chi connectivity index (χ3n) is 3.90. The Kier molecular flexibility index (Phi) is 2.91. The van der Waals surface area contributed by atoms with Crippen molar-refractivity contribution in [2.75, 3.05) is 0 Å². The maximum absolute atomic E-state index is 11.9. The van der Waals surface area contributed by atoms with E-state index in [9.17, 15) is 9.90 Å². The van der Waals surface area contributed by atoms with Gasteiger partial charge in [-0.25, -0.2) is 0 Å². The fraction of sp³-hybridized carbons (Fsp3) is 0.917. The van der Waals surface area contributed by atoms with Gasteiger partial charge in [0, 0.05) is 6.42 Å². The van der Waals surface area contributed by atoms with E-state index in [0.29, 0.717) is 25.2 Å². The van der Waals surface area contributed by atoms with E-state index in [1.807, 2.05) is 0 Å². The zero-order valence-corrected chi connectivity index (χ0v) is 8.80. The third-order valence-corrected chi connectivity index (χ3v) is 3.90. The van der Waals surface area contributed by atoms with E-state index in [1.54, 1.807) is 0 Å². The molecule has 0 radical (unpaired) electrons. The molecule has 80 valence electrons. The van der Waals surface area contributed by atoms with Crippen molar-refractivity contribution in [2.45, 2.75) is 63.4 Å². The largest absolute Gasteiger partial charge is 0.382 e. The lowest BCUT2D eigenvalue weighted by atomic mass is 9.89. The van der Waals surface area contributed by atoms with Gasteiger partial charge in [0.05, 0.1) is 0 Å². The molecule has 0 bridgehead atoms. The number of carbonyl (C=O) groups excluding carboxylic acids is 1. The number of ketones is 1. The lowest BCUT2D eigenvalue weighted by molar-refractivity contribution is -0.137. The molecule has 2 rings (SSSR count). The number of rotatable bonds is 3. The van der Waals surface area contributed by atoms with Crippen molar-refractivity contribution >= 4 is 5.78 Å². The molecule has 14 heavy (non-hydrogen) atoms. The van der Waals surface area contributed by atoms with Gasteiger partial charge in [-0.3, -0.25) is 4.79 Å². The minimum Gasteiger partial charge on any atom is -0.382 e. The van der Waals surface area contributed by atoms with E-state index in [2.05, 4.69) is 0 Å². The van der Waals surface area contributed by atoms with Crippen molar-refractivity contribution < 1.29 is 9.90 Å². The second kappa shape index (κ2) is 4.01. The van der Waals surface area contributed by atoms with Gasteiger partial charge in [0.1, 0.15) is 5.60 Å². The van der Waals surface area contributed by atoms with E-state index in [-0.39, 0.29) is 5.78 Å². The highest BCUT2D eigenvalue weighted by Gasteiger charge is 2.39. The van der Waals surface area contributed by atoms with Crippen LogP contribution in [0.4, 0.5) is 0 Å². The van der Waals surface area contributed by atoms with Crippen LogP contribution >= 0.6 is 0 Å². The smallest absolute Gasteiger partial charge is 0.164 e. The van der Waals surface area contributed by atoms with Crippen molar-refractivity contribution in [2.24, 2.45) is 5.92 Å². The molecule has 1 N–H and O–H groups in total. The SMILES string of the molecule is O=C(CC1CCCC1)C1(O)CCCC1. The molecular formula is C12H20O2. The fourth-order valence-corrected chi connectivity index (χ4v) is 2.91. The van der Waals surface area contributed by atoms with Gasteiger partial charge >= 0.3 is 0 Å². The van der Waals surface area contributed by atoms with Gasteiger partial charge < -0.3 is 5.11 Å². The van der Waals surface area contributed by atoms with Crippen molar-refractivity contribution in [3.8, 4) is 0 Å². The Morgan fingerprint density at radius 3 is 2.29 bits per heavy atom. The first-order chi connectivity index (χ1) is 6.71. The molecule has 0 amide bonds. The summed E-state index contributed by atoms with van der Waals surface area (Å²) < 4.78 is 0. The first-order valence-corrected chi connectivity index (χ1v) is 5.96. The minimum absolute atomic E-state index is 0.127. The van der Waals surface area contributed by atoms with E-state index < -0.39 is 5.60 Å². The van der Waals surface area contributed by atoms with Crippen LogP contribution in [0.15, 0.2) is 0 Å². The highest BCUT2D eigenvalue weighted by atomic mass is 16.3. The molecule has 0 aromatic rings. The second-order valence-corrected chi connectivity index (χ2v) is 5.02. The second-order valence-electron chi connectivity index (χ2n) is 5.02. The van der Waals surface area contributed by atoms with Crippen LogP contribution in [0, 0.1) is 5.92 Å². The predicted octanol–water partition coefficient (Wildman–Crippen LogP) is 2.44. The predicted molar refractivity (Wildman–Crippen MR) is 55.0 cm³/mol. The van der Waals surface area contributed by atoms with Gasteiger partial charge in [-0.2, -0.15) is 0 Å². The maximum atomic E-state index is 11.9. The molecule has 0 saturated heterocycles. The summed E-state index contributed by atoms with van der Waals surface area (Å²) in [7, 11) is 0. The number of aliphatic hydroxyl groups is 1. The zero-order valence-electron chi connectivity index (χ0n) is 8.80. The Hall–Kier alpha value is -0.370. The van der Waals surface area contributed by atoms with Crippen LogP contribution in [-0.4, -0.2) is 16.5 Å². The Bertz CT molecular complexity index is 210. The van der Waals surface area contributed by atoms with Gasteiger partial charge in [-0.15, -0.1) is 0 Å². The molecule has 0 aromatic heterocycles. The summed E-state index contributed by atoms with van der Waals surface area (Å²) in [6.07, 6.45) is 9.03. The van der Waals surface area contributed by atoms with E-state index >= 15 is 0 Å². The van der Waals surface area contributed by atoms with Crippen molar-refractivity contribution in [1.29, 1.82) is 0 Å². The maximum Gasteiger partial charge on any atom is 0.164 e. The average molecular weight is 196 g/mol. The van der Waals surface area contributed by atoms with Crippen molar-refractivity contribution in [3.63, 3.8) is 0 Å². The lowest BCUT2D eigenvalue weighted by Gasteiger charge is -2.22. The van der Waals surface area contributed by atoms with Crippen LogP contribution < -0.4 is 0 Å². The first kappa shape index (κ1) is 10.2. The molecular weight excluding hydrogens is 176 g/mol. The summed E-state index contributed by atoms with van der Waals surface area (Å²) in [6.45, 7) is 0. The Labute approximate surface area is 85.7 Å². The molecule has 0 heterocycles. The molecule has 2 aliphatic carbocycles. The monoisotopic (exact) mass is 196 g/mol. The Morgan fingerprint density at radius 1 is 1.14 bits per heavy atom. The lowest BCUT2D eigenvalue weighted by Crippen LogP contribution is -2.36. The summed E-state index contributed by atoms with van der Waals surface area (Å²) in [4.78, 5) is 11.9. The van der Waals surface area contributed by atoms with E-state index in [0.717, 1.165) is 12.8 Å². The molecule has 0 unspecified atom stereocenters. The summed E-state index contributed by atoms with van der Waals surface area (Å²) in [5, 5.41) is 10.1. The van der Waals surface area contributed by atoms with E-state index in [4.69, 9.17) is 0 Å². The van der Waals surface area contributed by atoms with Gasteiger partial charge in [-0.05, 0) is 31.6 Å². The molecule has 2 aliphatic rings. The van der Waals surface area contributed by atoms with Gasteiger partial charge in [-0.1, -0.05) is 25.7 Å². The summed E-state index contributed by atoms with van der Waals surface area (Å²) in [5.74, 6) is 0.703. The minimum atomic E-state index is -0.928. The van der Waals surface area contributed by atoms with Crippen molar-refractivity contribution in [1.82, 2.24) is 0 Å². The number of hydrogen-bond acceptors (Lipinski definition) is 2. The van der Waals surface area contributed by atoms with Crippen LogP contribution in [0.1, 0.15) is 57.8 Å². The fourth-order valence-electron chi connectivity index (χ4n) is 2.91. The average Bonchev–Trinajstić information content (AvgIpc) is 2.76. The van der Waals surface area contributed by atoms with Crippen LogP contribution in [-0.2, 0) is 4.79 Å². The van der Waals surface area contributed by atoms with Crippen LogP contribution in [0.3, 0.4) is 0 Å². The normalized spacial score (nSPS) is 26.9. The Morgan fingerprint density at radius 2 is 1.71 bits per heavy atom. The number of Topliss-reactive ketones (excluding diaryl/α,β-unsaturated/α-hetero) is 1. The zero-order chi connectivity index (χ0) is 10.0. The number of hydrogen-bond donors (Lipinski definition) is 1. The summed E-state index contributed by atoms with van der Waals surface area (Å²) in [5.41, 5.74) is -0.928. The summed E-state index contributed by atoms with van der Waals surface area (Å²) >= 11 is 0. The van der Waals surface area contributed by atoms with Crippen LogP contribution in [0.25, 0.3) is 0 Å². The third kappa shape index (κ3) is 2.00. The van der Waals surface area contributed by atoms with E-state index in [1.165, 1.54) is 25.7 Å². The molecule has 2 saturated carbocycles. The molecule has 0 spiro atoms. The van der Waals surface area contributed by atoms with Crippen LogP contribution in [0.2, 0.25) is 0 Å². The quantitative estimate of drug-likeness (QED) is 0.752. The van der Waals surface area contributed by atoms with Gasteiger partial charge in [0.25, 0.3) is 0 Å². The highest BCUT2D eigenvalue weighted by Crippen LogP contribution is 2.35. The standard InChI is InChI=1S/C12H20O2/c13-11(9-10-5-1-2-6-10)12(14)7-3-4-8-12/h10,14H,1-9H2. The summed E-state index contributed by atoms with van der Waals surface area (Å²) in [6, 6.07) is 0. The van der Waals surface area contributed by atoms with Crippen LogP contribution in [0.5, 0.6) is 0 Å². The van der Waals surface area contributed by atoms with Gasteiger partial charge in [0.15, 0.2) is 5.78 Å². The molecule has 0 atom stereocenters. The molecule has 2 fully saturated rings. The molecule has 2 nitrogen and oxygen atoms in total. The Balaban J connectivity index is 1.87. The van der Waals surface area contributed by atoms with Gasteiger partial charge in [0.2, 0.25) is 0 Å². The number of carbonyl (C=O) groups is 1. The van der Waals surface area contributed by atoms with Crippen molar-refractivity contribution in [3.05, 3.63) is 0 Å². The molecule has 0 aliphatic heterocycles.